The highest BCUT2D eigenvalue weighted by molar-refractivity contribution is 7.80. The maximum atomic E-state index is 13.0. The quantitative estimate of drug-likeness (QED) is 0.793. The van der Waals surface area contributed by atoms with Crippen LogP contribution in [0.1, 0.15) is 31.9 Å². The van der Waals surface area contributed by atoms with E-state index >= 15 is 0 Å². The summed E-state index contributed by atoms with van der Waals surface area (Å²) in [7, 11) is 1.63. The Labute approximate surface area is 152 Å². The van der Waals surface area contributed by atoms with Crippen molar-refractivity contribution in [2.24, 2.45) is 0 Å². The van der Waals surface area contributed by atoms with E-state index in [1.165, 1.54) is 12.1 Å². The van der Waals surface area contributed by atoms with Gasteiger partial charge in [-0.1, -0.05) is 0 Å². The van der Waals surface area contributed by atoms with Gasteiger partial charge >= 0.3 is 0 Å². The number of methoxy groups -OCH3 is 1. The Morgan fingerprint density at radius 1 is 1.24 bits per heavy atom. The zero-order valence-electron chi connectivity index (χ0n) is 14.4. The molecule has 2 aromatic rings. The van der Waals surface area contributed by atoms with Crippen molar-refractivity contribution < 1.29 is 13.9 Å². The monoisotopic (exact) mass is 360 g/mol. The summed E-state index contributed by atoms with van der Waals surface area (Å²) < 4.78 is 24.4. The lowest BCUT2D eigenvalue weighted by molar-refractivity contribution is 0.0693. The molecule has 2 aromatic carbocycles. The number of halogens is 1. The van der Waals surface area contributed by atoms with Crippen molar-refractivity contribution in [3.8, 4) is 11.5 Å². The minimum Gasteiger partial charge on any atom is -0.497 e. The van der Waals surface area contributed by atoms with Gasteiger partial charge in [-0.3, -0.25) is 0 Å². The molecule has 0 amide bonds. The van der Waals surface area contributed by atoms with Gasteiger partial charge in [-0.2, -0.15) is 0 Å². The van der Waals surface area contributed by atoms with Gasteiger partial charge in [0.25, 0.3) is 0 Å². The largest absolute Gasteiger partial charge is 0.497 e. The van der Waals surface area contributed by atoms with Crippen LogP contribution in [-0.2, 0) is 0 Å². The molecule has 6 heteroatoms. The summed E-state index contributed by atoms with van der Waals surface area (Å²) in [6.07, 6.45) is 0.761. The number of fused-ring (bicyclic) bond motifs is 1. The van der Waals surface area contributed by atoms with E-state index in [1.807, 2.05) is 32.0 Å². The highest BCUT2D eigenvalue weighted by Crippen LogP contribution is 2.41. The van der Waals surface area contributed by atoms with E-state index in [2.05, 4.69) is 10.6 Å². The number of rotatable bonds is 3. The SMILES string of the molecule is COc1ccc2c(c1)OC(C)(C)C[C@H]2NC(=S)Nc1ccc(F)cc1. The van der Waals surface area contributed by atoms with Crippen LogP contribution in [0.15, 0.2) is 42.5 Å². The molecule has 0 spiro atoms. The first-order chi connectivity index (χ1) is 11.9. The molecule has 0 saturated carbocycles. The highest BCUT2D eigenvalue weighted by Gasteiger charge is 2.34. The summed E-state index contributed by atoms with van der Waals surface area (Å²) >= 11 is 5.42. The van der Waals surface area contributed by atoms with E-state index in [9.17, 15) is 4.39 Å². The van der Waals surface area contributed by atoms with Gasteiger partial charge in [-0.05, 0) is 62.5 Å². The van der Waals surface area contributed by atoms with Crippen LogP contribution in [0.3, 0.4) is 0 Å². The number of benzene rings is 2. The molecule has 1 heterocycles. The Hall–Kier alpha value is -2.34. The van der Waals surface area contributed by atoms with Gasteiger partial charge in [0.15, 0.2) is 5.11 Å². The molecule has 1 atom stereocenters. The molecular weight excluding hydrogens is 339 g/mol. The molecule has 0 aromatic heterocycles. The number of nitrogens with one attached hydrogen (secondary N) is 2. The molecule has 0 saturated heterocycles. The van der Waals surface area contributed by atoms with Crippen molar-refractivity contribution in [3.63, 3.8) is 0 Å². The summed E-state index contributed by atoms with van der Waals surface area (Å²) in [4.78, 5) is 0. The summed E-state index contributed by atoms with van der Waals surface area (Å²) in [6, 6.07) is 11.9. The lowest BCUT2D eigenvalue weighted by atomic mass is 9.89. The zero-order chi connectivity index (χ0) is 18.0. The van der Waals surface area contributed by atoms with E-state index in [4.69, 9.17) is 21.7 Å². The number of thiocarbonyl (C=S) groups is 1. The predicted octanol–water partition coefficient (Wildman–Crippen LogP) is 4.42. The summed E-state index contributed by atoms with van der Waals surface area (Å²) in [5.74, 6) is 1.26. The molecule has 25 heavy (non-hydrogen) atoms. The number of anilines is 1. The third kappa shape index (κ3) is 4.20. The van der Waals surface area contributed by atoms with Crippen molar-refractivity contribution in [3.05, 3.63) is 53.8 Å². The van der Waals surface area contributed by atoms with Crippen molar-refractivity contribution in [1.29, 1.82) is 0 Å². The molecule has 3 rings (SSSR count). The topological polar surface area (TPSA) is 42.5 Å². The van der Waals surface area contributed by atoms with Gasteiger partial charge in [0.05, 0.1) is 13.2 Å². The van der Waals surface area contributed by atoms with Crippen LogP contribution >= 0.6 is 12.2 Å². The molecular formula is C19H21FN2O2S. The third-order valence-electron chi connectivity index (χ3n) is 4.09. The molecule has 0 aliphatic carbocycles. The molecule has 2 N–H and O–H groups in total. The normalized spacial score (nSPS) is 17.8. The Morgan fingerprint density at radius 2 is 1.96 bits per heavy atom. The van der Waals surface area contributed by atoms with Gasteiger partial charge in [0, 0.05) is 23.7 Å². The number of hydrogen-bond donors (Lipinski definition) is 2. The lowest BCUT2D eigenvalue weighted by Gasteiger charge is -2.38. The second kappa shape index (κ2) is 6.88. The Morgan fingerprint density at radius 3 is 2.64 bits per heavy atom. The Balaban J connectivity index is 1.77. The fraction of sp³-hybridized carbons (Fsp3) is 0.316. The van der Waals surface area contributed by atoms with Crippen LogP contribution in [0.25, 0.3) is 0 Å². The van der Waals surface area contributed by atoms with Crippen LogP contribution in [0.5, 0.6) is 11.5 Å². The molecule has 1 aliphatic heterocycles. The summed E-state index contributed by atoms with van der Waals surface area (Å²) in [5, 5.41) is 6.90. The average Bonchev–Trinajstić information content (AvgIpc) is 2.55. The Kier molecular flexibility index (Phi) is 4.81. The highest BCUT2D eigenvalue weighted by atomic mass is 32.1. The van der Waals surface area contributed by atoms with Crippen LogP contribution in [0.4, 0.5) is 10.1 Å². The van der Waals surface area contributed by atoms with Crippen molar-refractivity contribution >= 4 is 23.0 Å². The third-order valence-corrected chi connectivity index (χ3v) is 4.31. The van der Waals surface area contributed by atoms with Crippen molar-refractivity contribution in [2.75, 3.05) is 12.4 Å². The second-order valence-electron chi connectivity index (χ2n) is 6.63. The molecule has 132 valence electrons. The maximum Gasteiger partial charge on any atom is 0.171 e. The zero-order valence-corrected chi connectivity index (χ0v) is 15.2. The van der Waals surface area contributed by atoms with Gasteiger partial charge in [-0.15, -0.1) is 0 Å². The minimum absolute atomic E-state index is 0.00473. The summed E-state index contributed by atoms with van der Waals surface area (Å²) in [6.45, 7) is 4.08. The molecule has 4 nitrogen and oxygen atoms in total. The van der Waals surface area contributed by atoms with E-state index in [1.54, 1.807) is 19.2 Å². The van der Waals surface area contributed by atoms with Crippen LogP contribution in [0, 0.1) is 5.82 Å². The van der Waals surface area contributed by atoms with E-state index in [0.717, 1.165) is 29.2 Å². The molecule has 0 bridgehead atoms. The maximum absolute atomic E-state index is 13.0. The smallest absolute Gasteiger partial charge is 0.171 e. The van der Waals surface area contributed by atoms with Crippen molar-refractivity contribution in [1.82, 2.24) is 5.32 Å². The van der Waals surface area contributed by atoms with E-state index in [-0.39, 0.29) is 17.5 Å². The summed E-state index contributed by atoms with van der Waals surface area (Å²) in [5.41, 5.74) is 1.44. The molecule has 0 radical (unpaired) electrons. The van der Waals surface area contributed by atoms with Gasteiger partial charge in [-0.25, -0.2) is 4.39 Å². The van der Waals surface area contributed by atoms with Crippen molar-refractivity contribution in [2.45, 2.75) is 31.9 Å². The molecule has 0 fully saturated rings. The number of ether oxygens (including phenoxy) is 2. The van der Waals surface area contributed by atoms with E-state index in [0.29, 0.717) is 5.11 Å². The molecule has 0 unspecified atom stereocenters. The van der Waals surface area contributed by atoms with Crippen LogP contribution < -0.4 is 20.1 Å². The van der Waals surface area contributed by atoms with E-state index < -0.39 is 0 Å². The Bertz CT molecular complexity index is 777. The fourth-order valence-electron chi connectivity index (χ4n) is 2.95. The predicted molar refractivity (Wildman–Crippen MR) is 101 cm³/mol. The first-order valence-corrected chi connectivity index (χ1v) is 8.47. The molecule has 1 aliphatic rings. The van der Waals surface area contributed by atoms with Gasteiger partial charge in [0.2, 0.25) is 0 Å². The fourth-order valence-corrected chi connectivity index (χ4v) is 3.21. The van der Waals surface area contributed by atoms with Gasteiger partial charge in [0.1, 0.15) is 22.9 Å². The second-order valence-corrected chi connectivity index (χ2v) is 7.04. The standard InChI is InChI=1S/C19H21FN2O2S/c1-19(2)11-16(15-9-8-14(23-3)10-17(15)24-19)22-18(25)21-13-6-4-12(20)5-7-13/h4-10,16H,11H2,1-3H3,(H2,21,22,25)/t16-/m1/s1. The first-order valence-electron chi connectivity index (χ1n) is 8.06. The van der Waals surface area contributed by atoms with Crippen LogP contribution in [-0.4, -0.2) is 17.8 Å². The first kappa shape index (κ1) is 17.5. The van der Waals surface area contributed by atoms with Gasteiger partial charge < -0.3 is 20.1 Å². The lowest BCUT2D eigenvalue weighted by Crippen LogP contribution is -2.42. The minimum atomic E-state index is -0.331. The number of hydrogen-bond acceptors (Lipinski definition) is 3. The average molecular weight is 360 g/mol. The van der Waals surface area contributed by atoms with Crippen LogP contribution in [0.2, 0.25) is 0 Å².